The molecule has 9 nitrogen and oxygen atoms in total. The van der Waals surface area contributed by atoms with Gasteiger partial charge in [-0.1, -0.05) is 6.07 Å². The molecular formula is C28H30N6O3S2. The second kappa shape index (κ2) is 10.7. The average Bonchev–Trinajstić information content (AvgIpc) is 3.40. The van der Waals surface area contributed by atoms with Crippen molar-refractivity contribution >= 4 is 38.7 Å². The monoisotopic (exact) mass is 562 g/mol. The highest BCUT2D eigenvalue weighted by Crippen LogP contribution is 2.44. The lowest BCUT2D eigenvalue weighted by Gasteiger charge is -2.29. The van der Waals surface area contributed by atoms with E-state index < -0.39 is 10.0 Å². The SMILES string of the molecule is COc1cc(N2C(=S)N[C@@H](c3ccccn3)[C@@H]2c2cc(C)n(Cc3ccncc3)c2C)ccc1NS(C)(=O)=O. The van der Waals surface area contributed by atoms with Crippen LogP contribution in [0.25, 0.3) is 0 Å². The smallest absolute Gasteiger partial charge is 0.229 e. The molecule has 3 aromatic heterocycles. The highest BCUT2D eigenvalue weighted by molar-refractivity contribution is 7.92. The second-order valence-corrected chi connectivity index (χ2v) is 11.7. The molecule has 1 aromatic carbocycles. The van der Waals surface area contributed by atoms with E-state index in [1.54, 1.807) is 30.7 Å². The Labute approximate surface area is 233 Å². The van der Waals surface area contributed by atoms with Gasteiger partial charge in [0.05, 0.1) is 36.8 Å². The number of benzene rings is 1. The lowest BCUT2D eigenvalue weighted by atomic mass is 9.96. The number of methoxy groups -OCH3 is 1. The van der Waals surface area contributed by atoms with Crippen molar-refractivity contribution in [3.05, 3.63) is 101 Å². The van der Waals surface area contributed by atoms with Crippen molar-refractivity contribution in [1.29, 1.82) is 0 Å². The third-order valence-corrected chi connectivity index (χ3v) is 7.78. The molecule has 39 heavy (non-hydrogen) atoms. The van der Waals surface area contributed by atoms with E-state index in [2.05, 4.69) is 49.4 Å². The summed E-state index contributed by atoms with van der Waals surface area (Å²) in [6.07, 6.45) is 6.49. The molecule has 0 aliphatic carbocycles. The van der Waals surface area contributed by atoms with Crippen LogP contribution in [0.3, 0.4) is 0 Å². The van der Waals surface area contributed by atoms with E-state index in [9.17, 15) is 8.42 Å². The first kappa shape index (κ1) is 26.6. The van der Waals surface area contributed by atoms with Gasteiger partial charge in [0.25, 0.3) is 0 Å². The van der Waals surface area contributed by atoms with Gasteiger partial charge in [-0.3, -0.25) is 14.7 Å². The first-order chi connectivity index (χ1) is 18.7. The topological polar surface area (TPSA) is 101 Å². The maximum atomic E-state index is 11.9. The number of ether oxygens (including phenoxy) is 1. The summed E-state index contributed by atoms with van der Waals surface area (Å²) in [6.45, 7) is 4.95. The van der Waals surface area contributed by atoms with Gasteiger partial charge in [-0.2, -0.15) is 0 Å². The molecule has 0 bridgehead atoms. The van der Waals surface area contributed by atoms with E-state index in [1.807, 2.05) is 36.4 Å². The number of hydrogen-bond acceptors (Lipinski definition) is 6. The molecule has 11 heteroatoms. The molecule has 1 fully saturated rings. The Morgan fingerprint density at radius 2 is 1.85 bits per heavy atom. The summed E-state index contributed by atoms with van der Waals surface area (Å²) < 4.78 is 34.1. The van der Waals surface area contributed by atoms with Gasteiger partial charge in [-0.25, -0.2) is 8.42 Å². The van der Waals surface area contributed by atoms with Crippen LogP contribution in [-0.2, 0) is 16.6 Å². The molecule has 1 aliphatic heterocycles. The van der Waals surface area contributed by atoms with E-state index in [-0.39, 0.29) is 12.1 Å². The van der Waals surface area contributed by atoms with Gasteiger partial charge in [-0.05, 0) is 79.7 Å². The first-order valence-corrected chi connectivity index (χ1v) is 14.7. The van der Waals surface area contributed by atoms with Crippen LogP contribution in [0.2, 0.25) is 0 Å². The predicted octanol–water partition coefficient (Wildman–Crippen LogP) is 4.50. The molecule has 4 aromatic rings. The number of thiocarbonyl (C=S) groups is 1. The lowest BCUT2D eigenvalue weighted by Crippen LogP contribution is -2.29. The van der Waals surface area contributed by atoms with Gasteiger partial charge in [0.15, 0.2) is 5.11 Å². The largest absolute Gasteiger partial charge is 0.494 e. The highest BCUT2D eigenvalue weighted by Gasteiger charge is 2.42. The van der Waals surface area contributed by atoms with E-state index in [0.717, 1.165) is 46.7 Å². The number of sulfonamides is 1. The molecule has 202 valence electrons. The van der Waals surface area contributed by atoms with Gasteiger partial charge < -0.3 is 19.5 Å². The minimum Gasteiger partial charge on any atom is -0.494 e. The molecule has 0 unspecified atom stereocenters. The third-order valence-electron chi connectivity index (χ3n) is 6.88. The van der Waals surface area contributed by atoms with Crippen molar-refractivity contribution in [2.24, 2.45) is 0 Å². The Bertz CT molecular complexity index is 1610. The van der Waals surface area contributed by atoms with Gasteiger partial charge in [0.2, 0.25) is 10.0 Å². The quantitative estimate of drug-likeness (QED) is 0.303. The summed E-state index contributed by atoms with van der Waals surface area (Å²) in [6, 6.07) is 17.0. The number of aryl methyl sites for hydroxylation is 1. The van der Waals surface area contributed by atoms with Crippen LogP contribution < -0.4 is 19.7 Å². The van der Waals surface area contributed by atoms with Gasteiger partial charge >= 0.3 is 0 Å². The maximum Gasteiger partial charge on any atom is 0.229 e. The zero-order valence-electron chi connectivity index (χ0n) is 22.1. The minimum atomic E-state index is -3.48. The van der Waals surface area contributed by atoms with Crippen LogP contribution in [0.4, 0.5) is 11.4 Å². The molecule has 0 saturated carbocycles. The van der Waals surface area contributed by atoms with Gasteiger partial charge in [-0.15, -0.1) is 0 Å². The van der Waals surface area contributed by atoms with E-state index >= 15 is 0 Å². The van der Waals surface area contributed by atoms with Crippen molar-refractivity contribution in [3.63, 3.8) is 0 Å². The molecule has 0 radical (unpaired) electrons. The summed E-state index contributed by atoms with van der Waals surface area (Å²) in [5.41, 5.74) is 6.52. The Balaban J connectivity index is 1.62. The van der Waals surface area contributed by atoms with Crippen LogP contribution in [0, 0.1) is 13.8 Å². The van der Waals surface area contributed by atoms with E-state index in [4.69, 9.17) is 17.0 Å². The molecule has 2 atom stereocenters. The van der Waals surface area contributed by atoms with Gasteiger partial charge in [0, 0.05) is 48.3 Å². The third kappa shape index (κ3) is 5.45. The summed E-state index contributed by atoms with van der Waals surface area (Å²) in [5, 5.41) is 4.03. The van der Waals surface area contributed by atoms with Crippen LogP contribution in [0.5, 0.6) is 5.75 Å². The zero-order valence-corrected chi connectivity index (χ0v) is 23.8. The standard InChI is InChI=1S/C28H30N6O3S2/c1-18-15-22(19(2)33(18)17-20-10-13-29-14-11-20)27-26(24-7-5-6-12-30-24)31-28(38)34(27)21-8-9-23(25(16-21)37-3)32-39(4,35)36/h5-16,26-27,32H,17H2,1-4H3,(H,31,38)/t26-,27-/m0/s1. The Hall–Kier alpha value is -3.96. The highest BCUT2D eigenvalue weighted by atomic mass is 32.2. The van der Waals surface area contributed by atoms with Crippen LogP contribution in [-0.4, -0.2) is 41.4 Å². The molecular weight excluding hydrogens is 532 g/mol. The molecule has 0 amide bonds. The van der Waals surface area contributed by atoms with Crippen LogP contribution in [0.15, 0.2) is 73.2 Å². The van der Waals surface area contributed by atoms with Crippen molar-refractivity contribution in [2.75, 3.05) is 23.0 Å². The Morgan fingerprint density at radius 1 is 1.08 bits per heavy atom. The Kier molecular flexibility index (Phi) is 7.28. The van der Waals surface area contributed by atoms with Crippen molar-refractivity contribution in [2.45, 2.75) is 32.5 Å². The van der Waals surface area contributed by atoms with Crippen molar-refractivity contribution < 1.29 is 13.2 Å². The van der Waals surface area contributed by atoms with Gasteiger partial charge in [0.1, 0.15) is 5.75 Å². The number of hydrogen-bond donors (Lipinski definition) is 2. The number of aromatic nitrogens is 3. The maximum absolute atomic E-state index is 11.9. The number of pyridine rings is 2. The Morgan fingerprint density at radius 3 is 2.51 bits per heavy atom. The number of anilines is 2. The zero-order chi connectivity index (χ0) is 27.7. The molecule has 0 spiro atoms. The van der Waals surface area contributed by atoms with Crippen molar-refractivity contribution in [3.8, 4) is 5.75 Å². The summed E-state index contributed by atoms with van der Waals surface area (Å²) in [5.74, 6) is 0.393. The molecule has 2 N–H and O–H groups in total. The summed E-state index contributed by atoms with van der Waals surface area (Å²) in [4.78, 5) is 10.8. The molecule has 4 heterocycles. The fraction of sp³-hybridized carbons (Fsp3) is 0.250. The molecule has 1 saturated heterocycles. The minimum absolute atomic E-state index is 0.214. The van der Waals surface area contributed by atoms with E-state index in [1.165, 1.54) is 7.11 Å². The normalized spacial score (nSPS) is 17.2. The van der Waals surface area contributed by atoms with Crippen molar-refractivity contribution in [1.82, 2.24) is 19.9 Å². The fourth-order valence-corrected chi connectivity index (χ4v) is 6.02. The summed E-state index contributed by atoms with van der Waals surface area (Å²) >= 11 is 5.89. The van der Waals surface area contributed by atoms with Crippen LogP contribution in [0.1, 0.15) is 40.3 Å². The predicted molar refractivity (Wildman–Crippen MR) is 157 cm³/mol. The molecule has 5 rings (SSSR count). The first-order valence-electron chi connectivity index (χ1n) is 12.4. The number of nitrogens with zero attached hydrogens (tertiary/aromatic N) is 4. The average molecular weight is 563 g/mol. The fourth-order valence-electron chi connectivity index (χ4n) is 5.10. The number of nitrogens with one attached hydrogen (secondary N) is 2. The van der Waals surface area contributed by atoms with Crippen LogP contribution >= 0.6 is 12.2 Å². The lowest BCUT2D eigenvalue weighted by molar-refractivity contribution is 0.417. The number of rotatable bonds is 8. The molecule has 1 aliphatic rings. The summed E-state index contributed by atoms with van der Waals surface area (Å²) in [7, 11) is -1.97. The second-order valence-electron chi connectivity index (χ2n) is 9.52. The van der Waals surface area contributed by atoms with E-state index in [0.29, 0.717) is 16.5 Å².